The molecule has 144 valence electrons. The molecule has 1 amide bonds. The van der Waals surface area contributed by atoms with Gasteiger partial charge in [0, 0.05) is 44.8 Å². The Morgan fingerprint density at radius 2 is 2.04 bits per heavy atom. The van der Waals surface area contributed by atoms with Crippen LogP contribution in [0.25, 0.3) is 0 Å². The van der Waals surface area contributed by atoms with Gasteiger partial charge in [-0.1, -0.05) is 0 Å². The number of nitrogens with one attached hydrogen (secondary N) is 1. The van der Waals surface area contributed by atoms with Crippen molar-refractivity contribution in [2.24, 2.45) is 0 Å². The van der Waals surface area contributed by atoms with E-state index in [1.807, 2.05) is 21.0 Å². The lowest BCUT2D eigenvalue weighted by Gasteiger charge is -2.35. The van der Waals surface area contributed by atoms with Crippen molar-refractivity contribution in [3.8, 4) is 6.01 Å². The summed E-state index contributed by atoms with van der Waals surface area (Å²) in [7, 11) is 4.01. The SMILES string of the molecule is C[C@@H](CN(C)C)Oc1nc2c(c(N3CCN(C(=O)O)CC3)n1)CCNC2. The molecule has 1 fully saturated rings. The average Bonchev–Trinajstić information content (AvgIpc) is 2.60. The summed E-state index contributed by atoms with van der Waals surface area (Å²) in [6.07, 6.45) is -0.00596. The van der Waals surface area contributed by atoms with Crippen molar-refractivity contribution in [3.05, 3.63) is 11.3 Å². The Hall–Kier alpha value is -2.13. The molecule has 3 heterocycles. The van der Waals surface area contributed by atoms with Gasteiger partial charge in [-0.2, -0.15) is 9.97 Å². The van der Waals surface area contributed by atoms with E-state index in [-0.39, 0.29) is 6.10 Å². The molecule has 0 radical (unpaired) electrons. The predicted octanol–water partition coefficient (Wildman–Crippen LogP) is 0.251. The number of anilines is 1. The lowest BCUT2D eigenvalue weighted by Crippen LogP contribution is -2.49. The second-order valence-corrected chi connectivity index (χ2v) is 7.13. The number of nitrogens with zero attached hydrogens (tertiary/aromatic N) is 5. The molecule has 9 heteroatoms. The molecule has 0 aliphatic carbocycles. The highest BCUT2D eigenvalue weighted by Gasteiger charge is 2.27. The zero-order chi connectivity index (χ0) is 18.7. The summed E-state index contributed by atoms with van der Waals surface area (Å²) < 4.78 is 5.96. The zero-order valence-corrected chi connectivity index (χ0v) is 15.7. The first-order chi connectivity index (χ1) is 12.4. The summed E-state index contributed by atoms with van der Waals surface area (Å²) in [5.41, 5.74) is 2.13. The summed E-state index contributed by atoms with van der Waals surface area (Å²) >= 11 is 0. The highest BCUT2D eigenvalue weighted by atomic mass is 16.5. The molecular formula is C17H28N6O3. The first-order valence-corrected chi connectivity index (χ1v) is 9.08. The van der Waals surface area contributed by atoms with Crippen molar-refractivity contribution in [1.82, 2.24) is 25.1 Å². The van der Waals surface area contributed by atoms with E-state index >= 15 is 0 Å². The number of hydrogen-bond donors (Lipinski definition) is 2. The highest BCUT2D eigenvalue weighted by Crippen LogP contribution is 2.27. The summed E-state index contributed by atoms with van der Waals surface area (Å²) in [6, 6.07) is 0.400. The number of hydrogen-bond acceptors (Lipinski definition) is 7. The molecular weight excluding hydrogens is 336 g/mol. The minimum absolute atomic E-state index is 0.0173. The van der Waals surface area contributed by atoms with Gasteiger partial charge in [-0.05, 0) is 34.0 Å². The van der Waals surface area contributed by atoms with Crippen LogP contribution in [0, 0.1) is 0 Å². The van der Waals surface area contributed by atoms with Gasteiger partial charge in [-0.3, -0.25) is 0 Å². The predicted molar refractivity (Wildman–Crippen MR) is 97.9 cm³/mol. The molecule has 1 saturated heterocycles. The van der Waals surface area contributed by atoms with Gasteiger partial charge >= 0.3 is 12.1 Å². The number of carboxylic acid groups (broad SMARTS) is 1. The van der Waals surface area contributed by atoms with Crippen LogP contribution in [0.1, 0.15) is 18.2 Å². The van der Waals surface area contributed by atoms with E-state index in [1.165, 1.54) is 4.90 Å². The summed E-state index contributed by atoms with van der Waals surface area (Å²) in [6.45, 7) is 6.64. The van der Waals surface area contributed by atoms with Crippen LogP contribution in [0.2, 0.25) is 0 Å². The molecule has 26 heavy (non-hydrogen) atoms. The molecule has 9 nitrogen and oxygen atoms in total. The smallest absolute Gasteiger partial charge is 0.407 e. The highest BCUT2D eigenvalue weighted by molar-refractivity contribution is 5.65. The second kappa shape index (κ2) is 8.05. The van der Waals surface area contributed by atoms with Crippen molar-refractivity contribution in [2.45, 2.75) is 26.0 Å². The normalized spacial score (nSPS) is 18.6. The van der Waals surface area contributed by atoms with Crippen LogP contribution in [0.5, 0.6) is 6.01 Å². The molecule has 1 aromatic heterocycles. The molecule has 3 rings (SSSR count). The first-order valence-electron chi connectivity index (χ1n) is 9.08. The van der Waals surface area contributed by atoms with Gasteiger partial charge in [0.25, 0.3) is 0 Å². The molecule has 0 bridgehead atoms. The number of carbonyl (C=O) groups is 1. The lowest BCUT2D eigenvalue weighted by molar-refractivity contribution is 0.142. The second-order valence-electron chi connectivity index (χ2n) is 7.13. The minimum Gasteiger partial charge on any atom is -0.465 e. The summed E-state index contributed by atoms with van der Waals surface area (Å²) in [5, 5.41) is 12.5. The topological polar surface area (TPSA) is 94.1 Å². The number of aromatic nitrogens is 2. The zero-order valence-electron chi connectivity index (χ0n) is 15.7. The van der Waals surface area contributed by atoms with Crippen LogP contribution in [-0.2, 0) is 13.0 Å². The van der Waals surface area contributed by atoms with E-state index in [9.17, 15) is 4.79 Å². The molecule has 0 spiro atoms. The number of ether oxygens (including phenoxy) is 1. The molecule has 2 N–H and O–H groups in total. The Labute approximate surface area is 154 Å². The molecule has 0 unspecified atom stereocenters. The van der Waals surface area contributed by atoms with Gasteiger partial charge in [0.15, 0.2) is 0 Å². The van der Waals surface area contributed by atoms with Crippen molar-refractivity contribution >= 4 is 11.9 Å². The van der Waals surface area contributed by atoms with Crippen LogP contribution in [0.3, 0.4) is 0 Å². The molecule has 1 atom stereocenters. The standard InChI is InChI=1S/C17H28N6O3/c1-12(11-21(2)3)26-16-19-14-10-18-5-4-13(14)15(20-16)22-6-8-23(9-7-22)17(24)25/h12,18H,4-11H2,1-3H3,(H,24,25)/t12-/m0/s1. The van der Waals surface area contributed by atoms with Crippen molar-refractivity contribution < 1.29 is 14.6 Å². The summed E-state index contributed by atoms with van der Waals surface area (Å²) in [5.74, 6) is 0.897. The maximum absolute atomic E-state index is 11.1. The van der Waals surface area contributed by atoms with E-state index in [1.54, 1.807) is 0 Å². The third kappa shape index (κ3) is 4.34. The van der Waals surface area contributed by atoms with Gasteiger partial charge in [-0.25, -0.2) is 4.79 Å². The van der Waals surface area contributed by atoms with Crippen LogP contribution >= 0.6 is 0 Å². The Balaban J connectivity index is 1.81. The average molecular weight is 364 g/mol. The van der Waals surface area contributed by atoms with Crippen molar-refractivity contribution in [3.63, 3.8) is 0 Å². The van der Waals surface area contributed by atoms with Gasteiger partial charge in [0.2, 0.25) is 0 Å². The van der Waals surface area contributed by atoms with Crippen LogP contribution in [-0.4, -0.2) is 90.4 Å². The Morgan fingerprint density at radius 1 is 1.31 bits per heavy atom. The molecule has 2 aliphatic heterocycles. The number of fused-ring (bicyclic) bond motifs is 1. The van der Waals surface area contributed by atoms with Crippen molar-refractivity contribution in [1.29, 1.82) is 0 Å². The van der Waals surface area contributed by atoms with Gasteiger partial charge in [0.05, 0.1) is 5.69 Å². The van der Waals surface area contributed by atoms with Gasteiger partial charge < -0.3 is 29.9 Å². The Kier molecular flexibility index (Phi) is 5.77. The van der Waals surface area contributed by atoms with Gasteiger partial charge in [-0.15, -0.1) is 0 Å². The third-order valence-corrected chi connectivity index (χ3v) is 4.67. The molecule has 0 aromatic carbocycles. The van der Waals surface area contributed by atoms with E-state index in [4.69, 9.17) is 14.8 Å². The minimum atomic E-state index is -0.861. The Bertz CT molecular complexity index is 646. The number of amides is 1. The Morgan fingerprint density at radius 3 is 2.69 bits per heavy atom. The third-order valence-electron chi connectivity index (χ3n) is 4.67. The number of likely N-dealkylation sites (N-methyl/N-ethyl adjacent to an activating group) is 1. The van der Waals surface area contributed by atoms with Crippen LogP contribution in [0.15, 0.2) is 0 Å². The van der Waals surface area contributed by atoms with E-state index in [0.717, 1.165) is 36.6 Å². The largest absolute Gasteiger partial charge is 0.465 e. The number of rotatable bonds is 5. The fraction of sp³-hybridized carbons (Fsp3) is 0.706. The first kappa shape index (κ1) is 18.7. The quantitative estimate of drug-likeness (QED) is 0.768. The van der Waals surface area contributed by atoms with Crippen LogP contribution in [0.4, 0.5) is 10.6 Å². The molecule has 0 saturated carbocycles. The maximum atomic E-state index is 11.1. The summed E-state index contributed by atoms with van der Waals surface area (Å²) in [4.78, 5) is 26.1. The van der Waals surface area contributed by atoms with Crippen molar-refractivity contribution in [2.75, 3.05) is 58.3 Å². The van der Waals surface area contributed by atoms with E-state index < -0.39 is 6.09 Å². The van der Waals surface area contributed by atoms with Gasteiger partial charge in [0.1, 0.15) is 11.9 Å². The maximum Gasteiger partial charge on any atom is 0.407 e. The van der Waals surface area contributed by atoms with Crippen LogP contribution < -0.4 is 15.0 Å². The fourth-order valence-electron chi connectivity index (χ4n) is 3.47. The monoisotopic (exact) mass is 364 g/mol. The molecule has 2 aliphatic rings. The molecule has 1 aromatic rings. The number of piperazine rings is 1. The van der Waals surface area contributed by atoms with E-state index in [2.05, 4.69) is 20.1 Å². The lowest BCUT2D eigenvalue weighted by atomic mass is 10.1. The fourth-order valence-corrected chi connectivity index (χ4v) is 3.47. The van der Waals surface area contributed by atoms with E-state index in [0.29, 0.717) is 38.7 Å².